The van der Waals surface area contributed by atoms with Gasteiger partial charge in [0.2, 0.25) is 0 Å². The van der Waals surface area contributed by atoms with E-state index in [0.717, 1.165) is 13.1 Å². The molecule has 0 aliphatic heterocycles. The lowest BCUT2D eigenvalue weighted by molar-refractivity contribution is 0.555. The molecular weight excluding hydrogens is 222 g/mol. The summed E-state index contributed by atoms with van der Waals surface area (Å²) in [5.41, 5.74) is 1.28. The summed E-state index contributed by atoms with van der Waals surface area (Å²) in [6.45, 7) is 4.35. The molecule has 0 aliphatic carbocycles. The molecule has 18 heavy (non-hydrogen) atoms. The van der Waals surface area contributed by atoms with Crippen molar-refractivity contribution in [2.45, 2.75) is 64.8 Å². The van der Waals surface area contributed by atoms with Crippen LogP contribution in [0.3, 0.4) is 0 Å². The van der Waals surface area contributed by atoms with Crippen molar-refractivity contribution >= 4 is 0 Å². The van der Waals surface area contributed by atoms with Gasteiger partial charge in [-0.15, -0.1) is 0 Å². The van der Waals surface area contributed by atoms with Crippen LogP contribution in [0.25, 0.3) is 0 Å². The van der Waals surface area contributed by atoms with Gasteiger partial charge in [-0.3, -0.25) is 4.68 Å². The normalized spacial score (nSPS) is 11.0. The van der Waals surface area contributed by atoms with E-state index < -0.39 is 0 Å². The summed E-state index contributed by atoms with van der Waals surface area (Å²) in [6, 6.07) is 0. The second kappa shape index (κ2) is 10.1. The van der Waals surface area contributed by atoms with Gasteiger partial charge in [-0.1, -0.05) is 51.9 Å². The van der Waals surface area contributed by atoms with Gasteiger partial charge >= 0.3 is 0 Å². The third-order valence-electron chi connectivity index (χ3n) is 3.29. The van der Waals surface area contributed by atoms with Crippen LogP contribution in [0.2, 0.25) is 0 Å². The third-order valence-corrected chi connectivity index (χ3v) is 3.29. The van der Waals surface area contributed by atoms with Crippen molar-refractivity contribution in [3.05, 3.63) is 18.0 Å². The van der Waals surface area contributed by atoms with Gasteiger partial charge in [-0.25, -0.2) is 0 Å². The van der Waals surface area contributed by atoms with Crippen LogP contribution in [-0.2, 0) is 13.6 Å². The quantitative estimate of drug-likeness (QED) is 0.608. The topological polar surface area (TPSA) is 29.9 Å². The molecule has 0 unspecified atom stereocenters. The first-order valence-electron chi connectivity index (χ1n) is 7.51. The summed E-state index contributed by atoms with van der Waals surface area (Å²) >= 11 is 0. The second-order valence-electron chi connectivity index (χ2n) is 5.17. The zero-order valence-electron chi connectivity index (χ0n) is 12.1. The highest BCUT2D eigenvalue weighted by Gasteiger charge is 1.95. The fourth-order valence-corrected chi connectivity index (χ4v) is 2.18. The van der Waals surface area contributed by atoms with E-state index in [4.69, 9.17) is 0 Å². The minimum Gasteiger partial charge on any atom is -0.313 e. The lowest BCUT2D eigenvalue weighted by Crippen LogP contribution is -2.14. The molecule has 0 amide bonds. The fraction of sp³-hybridized carbons (Fsp3) is 0.800. The SMILES string of the molecule is CCCCCCCCCCNCc1cnn(C)c1. The van der Waals surface area contributed by atoms with Gasteiger partial charge in [0.25, 0.3) is 0 Å². The molecule has 0 atom stereocenters. The lowest BCUT2D eigenvalue weighted by Gasteiger charge is -2.03. The van der Waals surface area contributed by atoms with Crippen molar-refractivity contribution in [3.63, 3.8) is 0 Å². The predicted molar refractivity (Wildman–Crippen MR) is 77.5 cm³/mol. The van der Waals surface area contributed by atoms with Crippen LogP contribution in [0.4, 0.5) is 0 Å². The van der Waals surface area contributed by atoms with Gasteiger partial charge < -0.3 is 5.32 Å². The van der Waals surface area contributed by atoms with Gasteiger partial charge in [0.05, 0.1) is 6.20 Å². The minimum absolute atomic E-state index is 0.949. The first kappa shape index (κ1) is 15.2. The van der Waals surface area contributed by atoms with E-state index in [-0.39, 0.29) is 0 Å². The Morgan fingerprint density at radius 3 is 2.33 bits per heavy atom. The Hall–Kier alpha value is -0.830. The number of aromatic nitrogens is 2. The maximum atomic E-state index is 4.16. The number of unbranched alkanes of at least 4 members (excludes halogenated alkanes) is 7. The van der Waals surface area contributed by atoms with Crippen molar-refractivity contribution in [1.82, 2.24) is 15.1 Å². The standard InChI is InChI=1S/C15H29N3/c1-3-4-5-6-7-8-9-10-11-16-12-15-13-17-18(2)14-15/h13-14,16H,3-12H2,1-2H3. The van der Waals surface area contributed by atoms with Gasteiger partial charge in [-0.2, -0.15) is 5.10 Å². The molecule has 0 saturated carbocycles. The summed E-state index contributed by atoms with van der Waals surface area (Å²) < 4.78 is 1.85. The highest BCUT2D eigenvalue weighted by Crippen LogP contribution is 2.07. The molecule has 0 aromatic carbocycles. The summed E-state index contributed by atoms with van der Waals surface area (Å²) in [4.78, 5) is 0. The fourth-order valence-electron chi connectivity index (χ4n) is 2.18. The zero-order chi connectivity index (χ0) is 13.1. The number of hydrogen-bond acceptors (Lipinski definition) is 2. The largest absolute Gasteiger partial charge is 0.313 e. The number of nitrogens with zero attached hydrogens (tertiary/aromatic N) is 2. The second-order valence-corrected chi connectivity index (χ2v) is 5.17. The number of hydrogen-bond donors (Lipinski definition) is 1. The highest BCUT2D eigenvalue weighted by molar-refractivity contribution is 5.02. The number of aryl methyl sites for hydroxylation is 1. The molecule has 3 heteroatoms. The molecule has 0 radical (unpaired) electrons. The Bertz CT molecular complexity index is 294. The molecule has 1 heterocycles. The molecule has 1 aromatic rings. The van der Waals surface area contributed by atoms with E-state index in [1.165, 1.54) is 56.9 Å². The molecule has 3 nitrogen and oxygen atoms in total. The summed E-state index contributed by atoms with van der Waals surface area (Å²) in [5.74, 6) is 0. The monoisotopic (exact) mass is 251 g/mol. The Morgan fingerprint density at radius 1 is 1.06 bits per heavy atom. The van der Waals surface area contributed by atoms with Crippen LogP contribution in [0.5, 0.6) is 0 Å². The first-order chi connectivity index (χ1) is 8.83. The molecule has 0 saturated heterocycles. The first-order valence-corrected chi connectivity index (χ1v) is 7.51. The number of nitrogens with one attached hydrogen (secondary N) is 1. The average Bonchev–Trinajstić information content (AvgIpc) is 2.77. The lowest BCUT2D eigenvalue weighted by atomic mass is 10.1. The predicted octanol–water partition coefficient (Wildman–Crippen LogP) is 3.65. The summed E-state index contributed by atoms with van der Waals surface area (Å²) in [5, 5.41) is 7.63. The van der Waals surface area contributed by atoms with Crippen LogP contribution in [-0.4, -0.2) is 16.3 Å². The zero-order valence-corrected chi connectivity index (χ0v) is 12.1. The van der Waals surface area contributed by atoms with E-state index in [9.17, 15) is 0 Å². The third kappa shape index (κ3) is 7.49. The van der Waals surface area contributed by atoms with Crippen molar-refractivity contribution in [2.75, 3.05) is 6.54 Å². The molecular formula is C15H29N3. The Labute approximate surface area is 112 Å². The molecule has 0 spiro atoms. The van der Waals surface area contributed by atoms with Crippen molar-refractivity contribution < 1.29 is 0 Å². The van der Waals surface area contributed by atoms with Gasteiger partial charge in [0.15, 0.2) is 0 Å². The maximum Gasteiger partial charge on any atom is 0.0534 e. The smallest absolute Gasteiger partial charge is 0.0534 e. The highest BCUT2D eigenvalue weighted by atomic mass is 15.2. The molecule has 1 N–H and O–H groups in total. The van der Waals surface area contributed by atoms with E-state index in [1.807, 2.05) is 17.9 Å². The Kier molecular flexibility index (Phi) is 8.57. The van der Waals surface area contributed by atoms with E-state index in [1.54, 1.807) is 0 Å². The summed E-state index contributed by atoms with van der Waals surface area (Å²) in [7, 11) is 1.96. The molecule has 0 fully saturated rings. The van der Waals surface area contributed by atoms with Gasteiger partial charge in [0.1, 0.15) is 0 Å². The van der Waals surface area contributed by atoms with Crippen LogP contribution in [0.15, 0.2) is 12.4 Å². The van der Waals surface area contributed by atoms with E-state index in [2.05, 4.69) is 23.5 Å². The van der Waals surface area contributed by atoms with Crippen LogP contribution >= 0.6 is 0 Å². The van der Waals surface area contributed by atoms with Crippen molar-refractivity contribution in [1.29, 1.82) is 0 Å². The molecule has 1 aromatic heterocycles. The Morgan fingerprint density at radius 2 is 1.72 bits per heavy atom. The van der Waals surface area contributed by atoms with Crippen molar-refractivity contribution in [2.24, 2.45) is 7.05 Å². The van der Waals surface area contributed by atoms with Gasteiger partial charge in [0, 0.05) is 25.4 Å². The maximum absolute atomic E-state index is 4.16. The van der Waals surface area contributed by atoms with Crippen molar-refractivity contribution in [3.8, 4) is 0 Å². The molecule has 104 valence electrons. The molecule has 0 bridgehead atoms. The van der Waals surface area contributed by atoms with Crippen LogP contribution in [0, 0.1) is 0 Å². The number of rotatable bonds is 11. The Balaban J connectivity index is 1.81. The minimum atomic E-state index is 0.949. The molecule has 1 rings (SSSR count). The van der Waals surface area contributed by atoms with Crippen LogP contribution in [0.1, 0.15) is 63.9 Å². The van der Waals surface area contributed by atoms with Crippen LogP contribution < -0.4 is 5.32 Å². The van der Waals surface area contributed by atoms with E-state index >= 15 is 0 Å². The molecule has 0 aliphatic rings. The van der Waals surface area contributed by atoms with E-state index in [0.29, 0.717) is 0 Å². The average molecular weight is 251 g/mol. The van der Waals surface area contributed by atoms with Gasteiger partial charge in [-0.05, 0) is 13.0 Å². The summed E-state index contributed by atoms with van der Waals surface area (Å²) in [6.07, 6.45) is 15.1.